The molecule has 0 aliphatic rings. The second-order valence-corrected chi connectivity index (χ2v) is 8.62. The van der Waals surface area contributed by atoms with E-state index in [0.29, 0.717) is 52.1 Å². The third-order valence-corrected chi connectivity index (χ3v) is 5.76. The van der Waals surface area contributed by atoms with Crippen LogP contribution >= 0.6 is 27.7 Å². The molecule has 2 amide bonds. The number of hydrogen-bond donors (Lipinski definition) is 1. The molecule has 0 saturated carbocycles. The van der Waals surface area contributed by atoms with Gasteiger partial charge in [-0.1, -0.05) is 52.3 Å². The van der Waals surface area contributed by atoms with Crippen LogP contribution < -0.4 is 19.0 Å². The van der Waals surface area contributed by atoms with Gasteiger partial charge in [-0.15, -0.1) is 0 Å². The number of carbonyl (C=O) groups is 5. The zero-order valence-electron chi connectivity index (χ0n) is 22.7. The standard InChI is InChI=1S/C11H11NO4.C9H9BrO2.C9H10ClNO2/c1-16-10-4-2-3-9(5-10)11(15)6-12(7-13)8-14;1-12-8-4-2-3-7(5-8)9(11)6-10;1-13-8-4-2-3-7(5-8)9(12)6-11-10/h2-5,7-8H,6H2,1H3;2-5H,6H2,1H3;2-5,11H,6H2,1H3. The molecule has 0 spiro atoms. The minimum absolute atomic E-state index is 0.0612. The van der Waals surface area contributed by atoms with Crippen molar-refractivity contribution in [2.24, 2.45) is 0 Å². The Morgan fingerprint density at radius 2 is 1.12 bits per heavy atom. The van der Waals surface area contributed by atoms with E-state index in [-0.39, 0.29) is 30.4 Å². The zero-order valence-corrected chi connectivity index (χ0v) is 25.0. The molecule has 0 heterocycles. The number of nitrogens with one attached hydrogen (secondary N) is 1. The topological polar surface area (TPSA) is 128 Å². The maximum absolute atomic E-state index is 11.6. The molecule has 41 heavy (non-hydrogen) atoms. The number of ketones is 3. The van der Waals surface area contributed by atoms with Crippen LogP contribution in [0.25, 0.3) is 0 Å². The van der Waals surface area contributed by atoms with E-state index in [0.717, 1.165) is 4.90 Å². The number of methoxy groups -OCH3 is 3. The van der Waals surface area contributed by atoms with Gasteiger partial charge in [-0.25, -0.2) is 4.84 Å². The lowest BCUT2D eigenvalue weighted by Crippen LogP contribution is -2.27. The summed E-state index contributed by atoms with van der Waals surface area (Å²) in [4.78, 5) is 57.8. The van der Waals surface area contributed by atoms with Crippen molar-refractivity contribution in [3.05, 3.63) is 89.5 Å². The molecule has 10 nitrogen and oxygen atoms in total. The van der Waals surface area contributed by atoms with E-state index in [2.05, 4.69) is 20.8 Å². The monoisotopic (exact) mass is 648 g/mol. The average Bonchev–Trinajstić information content (AvgIpc) is 3.03. The maximum atomic E-state index is 11.6. The van der Waals surface area contributed by atoms with Crippen molar-refractivity contribution in [2.75, 3.05) is 39.7 Å². The number of benzene rings is 3. The number of hydrogen-bond acceptors (Lipinski definition) is 9. The Kier molecular flexibility index (Phi) is 17.0. The van der Waals surface area contributed by atoms with E-state index in [1.54, 1.807) is 80.9 Å². The molecule has 3 rings (SSSR count). The second kappa shape index (κ2) is 19.9. The molecule has 3 aromatic carbocycles. The number of imide groups is 1. The number of Topliss-reactive ketones (excluding diaryl/α,β-unsaturated/α-hetero) is 3. The Labute approximate surface area is 251 Å². The predicted octanol–water partition coefficient (Wildman–Crippen LogP) is 4.39. The van der Waals surface area contributed by atoms with Crippen LogP contribution in [0, 0.1) is 0 Å². The van der Waals surface area contributed by atoms with Crippen LogP contribution in [-0.2, 0) is 9.59 Å². The first kappa shape index (κ1) is 35.0. The molecule has 0 fully saturated rings. The largest absolute Gasteiger partial charge is 0.497 e. The van der Waals surface area contributed by atoms with Crippen molar-refractivity contribution >= 4 is 57.9 Å². The van der Waals surface area contributed by atoms with Gasteiger partial charge in [0.2, 0.25) is 12.8 Å². The van der Waals surface area contributed by atoms with Crippen LogP contribution in [0.2, 0.25) is 0 Å². The molecule has 1 N–H and O–H groups in total. The number of halogens is 2. The van der Waals surface area contributed by atoms with Gasteiger partial charge in [0.05, 0.1) is 39.7 Å². The minimum atomic E-state index is -0.321. The van der Waals surface area contributed by atoms with E-state index in [9.17, 15) is 24.0 Å². The number of ether oxygens (including phenoxy) is 3. The Bertz CT molecular complexity index is 1300. The van der Waals surface area contributed by atoms with Crippen LogP contribution in [0.5, 0.6) is 17.2 Å². The number of rotatable bonds is 13. The van der Waals surface area contributed by atoms with Crippen molar-refractivity contribution in [1.29, 1.82) is 0 Å². The number of carbonyl (C=O) groups excluding carboxylic acids is 5. The SMILES string of the molecule is COc1cccc(C(=O)CBr)c1.COc1cccc(C(=O)CN(C=O)C=O)c1.COc1cccc(C(=O)CNCl)c1. The molecular weight excluding hydrogens is 620 g/mol. The first-order valence-electron chi connectivity index (χ1n) is 11.8. The smallest absolute Gasteiger partial charge is 0.216 e. The van der Waals surface area contributed by atoms with Crippen molar-refractivity contribution < 1.29 is 38.2 Å². The Hall–Kier alpha value is -4.06. The third-order valence-electron chi connectivity index (χ3n) is 5.12. The van der Waals surface area contributed by atoms with Gasteiger partial charge in [0.25, 0.3) is 0 Å². The second-order valence-electron chi connectivity index (χ2n) is 7.79. The maximum Gasteiger partial charge on any atom is 0.216 e. The van der Waals surface area contributed by atoms with Crippen molar-refractivity contribution in [1.82, 2.24) is 9.74 Å². The summed E-state index contributed by atoms with van der Waals surface area (Å²) in [7, 11) is 4.63. The summed E-state index contributed by atoms with van der Waals surface area (Å²) in [6.07, 6.45) is 0.621. The molecule has 0 radical (unpaired) electrons. The van der Waals surface area contributed by atoms with Crippen LogP contribution in [0.4, 0.5) is 0 Å². The zero-order chi connectivity index (χ0) is 30.6. The summed E-state index contributed by atoms with van der Waals surface area (Å²) in [6, 6.07) is 20.6. The molecule has 0 saturated heterocycles. The number of nitrogens with zero attached hydrogens (tertiary/aromatic N) is 1. The van der Waals surface area contributed by atoms with Crippen LogP contribution in [0.15, 0.2) is 72.8 Å². The van der Waals surface area contributed by atoms with E-state index in [4.69, 9.17) is 26.0 Å². The van der Waals surface area contributed by atoms with Crippen molar-refractivity contribution in [2.45, 2.75) is 0 Å². The van der Waals surface area contributed by atoms with Gasteiger partial charge in [-0.2, -0.15) is 0 Å². The average molecular weight is 650 g/mol. The Morgan fingerprint density at radius 1 is 0.732 bits per heavy atom. The van der Waals surface area contributed by atoms with E-state index >= 15 is 0 Å². The highest BCUT2D eigenvalue weighted by atomic mass is 79.9. The Morgan fingerprint density at radius 3 is 1.46 bits per heavy atom. The lowest BCUT2D eigenvalue weighted by atomic mass is 10.1. The first-order chi connectivity index (χ1) is 19.8. The molecule has 0 atom stereocenters. The molecule has 3 aromatic rings. The first-order valence-corrected chi connectivity index (χ1v) is 13.3. The van der Waals surface area contributed by atoms with Crippen molar-refractivity contribution in [3.8, 4) is 17.2 Å². The normalized spacial score (nSPS) is 9.49. The number of amides is 2. The Balaban J connectivity index is 0.000000311. The van der Waals surface area contributed by atoms with E-state index < -0.39 is 0 Å². The summed E-state index contributed by atoms with van der Waals surface area (Å²) in [5, 5.41) is 0.347. The lowest BCUT2D eigenvalue weighted by Gasteiger charge is -2.08. The number of alkyl halides is 1. The molecule has 12 heteroatoms. The minimum Gasteiger partial charge on any atom is -0.497 e. The van der Waals surface area contributed by atoms with Gasteiger partial charge >= 0.3 is 0 Å². The third kappa shape index (κ3) is 12.8. The predicted molar refractivity (Wildman–Crippen MR) is 158 cm³/mol. The summed E-state index contributed by atoms with van der Waals surface area (Å²) in [5.41, 5.74) is 1.66. The van der Waals surface area contributed by atoms with Gasteiger partial charge in [-0.3, -0.25) is 28.9 Å². The van der Waals surface area contributed by atoms with Crippen LogP contribution in [-0.4, -0.2) is 74.8 Å². The summed E-state index contributed by atoms with van der Waals surface area (Å²) < 4.78 is 14.9. The van der Waals surface area contributed by atoms with E-state index in [1.807, 2.05) is 6.07 Å². The molecule has 0 bridgehead atoms. The lowest BCUT2D eigenvalue weighted by molar-refractivity contribution is -0.128. The molecule has 0 aliphatic carbocycles. The van der Waals surface area contributed by atoms with Gasteiger partial charge in [0, 0.05) is 16.7 Å². The fourth-order valence-electron chi connectivity index (χ4n) is 2.99. The van der Waals surface area contributed by atoms with Crippen LogP contribution in [0.1, 0.15) is 31.1 Å². The van der Waals surface area contributed by atoms with Gasteiger partial charge in [0.15, 0.2) is 17.3 Å². The molecule has 0 unspecified atom stereocenters. The molecule has 0 aliphatic heterocycles. The molecule has 0 aromatic heterocycles. The highest BCUT2D eigenvalue weighted by molar-refractivity contribution is 9.09. The molecular formula is C29H30BrClN2O8. The summed E-state index contributed by atoms with van der Waals surface area (Å²) >= 11 is 8.33. The quantitative estimate of drug-likeness (QED) is 0.124. The highest BCUT2D eigenvalue weighted by Crippen LogP contribution is 2.15. The highest BCUT2D eigenvalue weighted by Gasteiger charge is 2.11. The van der Waals surface area contributed by atoms with Gasteiger partial charge in [0.1, 0.15) is 17.2 Å². The molecule has 218 valence electrons. The fraction of sp³-hybridized carbons (Fsp3) is 0.207. The van der Waals surface area contributed by atoms with Crippen LogP contribution in [0.3, 0.4) is 0 Å². The summed E-state index contributed by atoms with van der Waals surface area (Å²) in [6.45, 7) is -0.144. The van der Waals surface area contributed by atoms with Gasteiger partial charge < -0.3 is 14.2 Å². The van der Waals surface area contributed by atoms with Crippen molar-refractivity contribution in [3.63, 3.8) is 0 Å². The van der Waals surface area contributed by atoms with Gasteiger partial charge in [-0.05, 0) is 48.2 Å². The summed E-state index contributed by atoms with van der Waals surface area (Å²) in [5.74, 6) is 1.61. The fourth-order valence-corrected chi connectivity index (χ4v) is 3.43. The van der Waals surface area contributed by atoms with E-state index in [1.165, 1.54) is 7.11 Å².